The minimum atomic E-state index is 1.16. The first kappa shape index (κ1) is 14.1. The fourth-order valence-corrected chi connectivity index (χ4v) is 4.37. The van der Waals surface area contributed by atoms with Gasteiger partial charge >= 0.3 is 0 Å². The molecule has 2 aromatic rings. The molecule has 0 nitrogen and oxygen atoms in total. The molecule has 0 saturated carbocycles. The summed E-state index contributed by atoms with van der Waals surface area (Å²) in [6, 6.07) is 13.8. The third-order valence-electron chi connectivity index (χ3n) is 5.58. The monoisotopic (exact) mass is 290 g/mol. The average molecular weight is 290 g/mol. The van der Waals surface area contributed by atoms with Gasteiger partial charge in [-0.05, 0) is 65.5 Å². The fourth-order valence-electron chi connectivity index (χ4n) is 4.37. The summed E-state index contributed by atoms with van der Waals surface area (Å²) in [7, 11) is 0. The van der Waals surface area contributed by atoms with Crippen molar-refractivity contribution in [1.29, 1.82) is 0 Å². The van der Waals surface area contributed by atoms with Gasteiger partial charge in [0.15, 0.2) is 0 Å². The van der Waals surface area contributed by atoms with Crippen LogP contribution in [0.2, 0.25) is 0 Å². The molecule has 22 heavy (non-hydrogen) atoms. The summed E-state index contributed by atoms with van der Waals surface area (Å²) >= 11 is 0. The van der Waals surface area contributed by atoms with Gasteiger partial charge in [-0.3, -0.25) is 0 Å². The van der Waals surface area contributed by atoms with Crippen molar-refractivity contribution >= 4 is 0 Å². The molecular formula is C22H26. The van der Waals surface area contributed by atoms with Crippen LogP contribution in [0.4, 0.5) is 0 Å². The standard InChI is InChI=1S/C22H26/c1-2-4-6-10-17-14-15-21-20-13-9-8-11-18(20)16-22(21)19(17)12-7-5-3-1/h8-9,11,13-15H,1-7,10,12,16H2. The quantitative estimate of drug-likeness (QED) is 0.470. The summed E-state index contributed by atoms with van der Waals surface area (Å²) in [4.78, 5) is 0. The maximum atomic E-state index is 2.44. The molecule has 0 amide bonds. The molecule has 0 heterocycles. The SMILES string of the molecule is c1ccc2c(c1)Cc1c-2ccc2c1CCCCCCCCC2. The molecule has 0 spiro atoms. The summed E-state index contributed by atoms with van der Waals surface area (Å²) < 4.78 is 0. The number of fused-ring (bicyclic) bond motifs is 5. The first-order valence-corrected chi connectivity index (χ1v) is 9.15. The second-order valence-corrected chi connectivity index (χ2v) is 7.04. The van der Waals surface area contributed by atoms with Crippen molar-refractivity contribution in [3.63, 3.8) is 0 Å². The number of hydrogen-bond acceptors (Lipinski definition) is 0. The first-order valence-electron chi connectivity index (χ1n) is 9.15. The molecule has 0 fully saturated rings. The van der Waals surface area contributed by atoms with Crippen molar-refractivity contribution in [3.05, 3.63) is 58.7 Å². The Kier molecular flexibility index (Phi) is 4.01. The molecule has 2 aliphatic rings. The molecule has 0 radical (unpaired) electrons. The van der Waals surface area contributed by atoms with Gasteiger partial charge in [-0.1, -0.05) is 68.5 Å². The van der Waals surface area contributed by atoms with Gasteiger partial charge in [-0.25, -0.2) is 0 Å². The van der Waals surface area contributed by atoms with Crippen LogP contribution in [0.5, 0.6) is 0 Å². The second-order valence-electron chi connectivity index (χ2n) is 7.04. The molecular weight excluding hydrogens is 264 g/mol. The lowest BCUT2D eigenvalue weighted by Gasteiger charge is -2.15. The second kappa shape index (κ2) is 6.28. The van der Waals surface area contributed by atoms with Crippen molar-refractivity contribution in [2.45, 2.75) is 64.2 Å². The van der Waals surface area contributed by atoms with Crippen LogP contribution in [0.25, 0.3) is 11.1 Å². The average Bonchev–Trinajstić information content (AvgIpc) is 2.90. The van der Waals surface area contributed by atoms with E-state index >= 15 is 0 Å². The highest BCUT2D eigenvalue weighted by atomic mass is 14.3. The molecule has 0 aromatic heterocycles. The molecule has 2 aliphatic carbocycles. The Labute approximate surface area is 134 Å². The Hall–Kier alpha value is -1.56. The summed E-state index contributed by atoms with van der Waals surface area (Å²) in [5.41, 5.74) is 9.53. The molecule has 0 heteroatoms. The van der Waals surface area contributed by atoms with Gasteiger partial charge in [0.1, 0.15) is 0 Å². The third kappa shape index (κ3) is 2.60. The van der Waals surface area contributed by atoms with Gasteiger partial charge in [-0.2, -0.15) is 0 Å². The van der Waals surface area contributed by atoms with Crippen LogP contribution in [0, 0.1) is 0 Å². The largest absolute Gasteiger partial charge is 0.0619 e. The van der Waals surface area contributed by atoms with Gasteiger partial charge in [0.25, 0.3) is 0 Å². The van der Waals surface area contributed by atoms with Crippen LogP contribution < -0.4 is 0 Å². The number of benzene rings is 2. The predicted molar refractivity (Wildman–Crippen MR) is 94.4 cm³/mol. The minimum absolute atomic E-state index is 1.16. The Bertz CT molecular complexity index is 666. The Morgan fingerprint density at radius 1 is 0.500 bits per heavy atom. The highest BCUT2D eigenvalue weighted by Gasteiger charge is 2.22. The molecule has 114 valence electrons. The van der Waals surface area contributed by atoms with Crippen molar-refractivity contribution in [3.8, 4) is 11.1 Å². The van der Waals surface area contributed by atoms with Gasteiger partial charge in [0.05, 0.1) is 0 Å². The van der Waals surface area contributed by atoms with E-state index in [4.69, 9.17) is 0 Å². The third-order valence-corrected chi connectivity index (χ3v) is 5.58. The van der Waals surface area contributed by atoms with E-state index in [2.05, 4.69) is 36.4 Å². The molecule has 0 aliphatic heterocycles. The van der Waals surface area contributed by atoms with E-state index in [-0.39, 0.29) is 0 Å². The summed E-state index contributed by atoms with van der Waals surface area (Å²) in [6.45, 7) is 0. The van der Waals surface area contributed by atoms with Gasteiger partial charge in [0, 0.05) is 0 Å². The van der Waals surface area contributed by atoms with E-state index in [1.807, 2.05) is 0 Å². The Balaban J connectivity index is 1.73. The molecule has 0 saturated heterocycles. The molecule has 0 unspecified atom stereocenters. The first-order chi connectivity index (χ1) is 10.9. The van der Waals surface area contributed by atoms with Crippen LogP contribution in [-0.2, 0) is 19.3 Å². The molecule has 0 atom stereocenters. The number of hydrogen-bond donors (Lipinski definition) is 0. The maximum Gasteiger partial charge on any atom is -0.00106 e. The van der Waals surface area contributed by atoms with Crippen molar-refractivity contribution in [1.82, 2.24) is 0 Å². The molecule has 0 N–H and O–H groups in total. The van der Waals surface area contributed by atoms with Crippen LogP contribution in [0.3, 0.4) is 0 Å². The number of rotatable bonds is 0. The van der Waals surface area contributed by atoms with Crippen LogP contribution in [0.1, 0.15) is 67.2 Å². The van der Waals surface area contributed by atoms with Crippen molar-refractivity contribution in [2.24, 2.45) is 0 Å². The summed E-state index contributed by atoms with van der Waals surface area (Å²) in [5, 5.41) is 0. The summed E-state index contributed by atoms with van der Waals surface area (Å²) in [6.07, 6.45) is 13.6. The van der Waals surface area contributed by atoms with Gasteiger partial charge in [-0.15, -0.1) is 0 Å². The maximum absolute atomic E-state index is 2.44. The topological polar surface area (TPSA) is 0 Å². The molecule has 4 rings (SSSR count). The highest BCUT2D eigenvalue weighted by molar-refractivity contribution is 5.78. The lowest BCUT2D eigenvalue weighted by Crippen LogP contribution is -2.00. The van der Waals surface area contributed by atoms with Crippen LogP contribution in [-0.4, -0.2) is 0 Å². The van der Waals surface area contributed by atoms with Crippen LogP contribution >= 0.6 is 0 Å². The number of aryl methyl sites for hydroxylation is 1. The Morgan fingerprint density at radius 2 is 1.23 bits per heavy atom. The lowest BCUT2D eigenvalue weighted by atomic mass is 9.90. The van der Waals surface area contributed by atoms with Gasteiger partial charge < -0.3 is 0 Å². The van der Waals surface area contributed by atoms with Crippen molar-refractivity contribution < 1.29 is 0 Å². The van der Waals surface area contributed by atoms with E-state index in [1.54, 1.807) is 16.7 Å². The van der Waals surface area contributed by atoms with E-state index in [0.29, 0.717) is 0 Å². The fraction of sp³-hybridized carbons (Fsp3) is 0.455. The lowest BCUT2D eigenvalue weighted by molar-refractivity contribution is 0.587. The minimum Gasteiger partial charge on any atom is -0.0619 e. The molecule has 2 aromatic carbocycles. The van der Waals surface area contributed by atoms with Crippen LogP contribution in [0.15, 0.2) is 36.4 Å². The smallest absolute Gasteiger partial charge is 0.00106 e. The van der Waals surface area contributed by atoms with E-state index < -0.39 is 0 Å². The summed E-state index contributed by atoms with van der Waals surface area (Å²) in [5.74, 6) is 0. The van der Waals surface area contributed by atoms with Crippen molar-refractivity contribution in [2.75, 3.05) is 0 Å². The zero-order valence-electron chi connectivity index (χ0n) is 13.5. The zero-order valence-corrected chi connectivity index (χ0v) is 13.5. The van der Waals surface area contributed by atoms with E-state index in [9.17, 15) is 0 Å². The Morgan fingerprint density at radius 3 is 2.09 bits per heavy atom. The van der Waals surface area contributed by atoms with E-state index in [0.717, 1.165) is 6.42 Å². The normalized spacial score (nSPS) is 18.0. The van der Waals surface area contributed by atoms with E-state index in [1.165, 1.54) is 74.5 Å². The predicted octanol–water partition coefficient (Wildman–Crippen LogP) is 6.09. The highest BCUT2D eigenvalue weighted by Crippen LogP contribution is 2.40. The zero-order chi connectivity index (χ0) is 14.8. The van der Waals surface area contributed by atoms with Gasteiger partial charge in [0.2, 0.25) is 0 Å². The molecule has 0 bridgehead atoms.